The quantitative estimate of drug-likeness (QED) is 0.936. The van der Waals surface area contributed by atoms with Crippen LogP contribution in [0, 0.1) is 0 Å². The number of ether oxygens (including phenoxy) is 1. The van der Waals surface area contributed by atoms with Gasteiger partial charge in [0.1, 0.15) is 11.6 Å². The van der Waals surface area contributed by atoms with E-state index in [1.54, 1.807) is 0 Å². The summed E-state index contributed by atoms with van der Waals surface area (Å²) < 4.78 is 43.5. The fourth-order valence-electron chi connectivity index (χ4n) is 2.04. The van der Waals surface area contributed by atoms with Crippen LogP contribution in [0.5, 0.6) is 11.5 Å². The van der Waals surface area contributed by atoms with Crippen molar-refractivity contribution in [3.05, 3.63) is 47.5 Å². The Labute approximate surface area is 129 Å². The highest BCUT2D eigenvalue weighted by Gasteiger charge is 2.31. The summed E-state index contributed by atoms with van der Waals surface area (Å²) in [5.74, 6) is -0.270. The minimum Gasteiger partial charge on any atom is -0.453 e. The minimum atomic E-state index is -4.49. The fourth-order valence-corrected chi connectivity index (χ4v) is 2.04. The Kier molecular flexibility index (Phi) is 3.67. The molecule has 2 N–H and O–H groups in total. The number of benzene rings is 1. The maximum absolute atomic E-state index is 12.7. The number of aromatic nitrogens is 2. The van der Waals surface area contributed by atoms with Crippen molar-refractivity contribution in [2.24, 2.45) is 5.73 Å². The molecule has 0 unspecified atom stereocenters. The normalized spacial score (nSPS) is 14.6. The summed E-state index contributed by atoms with van der Waals surface area (Å²) in [7, 11) is 0. The Morgan fingerprint density at radius 2 is 2.04 bits per heavy atom. The third-order valence-corrected chi connectivity index (χ3v) is 3.34. The van der Waals surface area contributed by atoms with Crippen LogP contribution in [0.3, 0.4) is 0 Å². The van der Waals surface area contributed by atoms with Gasteiger partial charge >= 0.3 is 6.18 Å². The number of hydrogen-bond acceptors (Lipinski definition) is 4. The number of alkyl halides is 3. The van der Waals surface area contributed by atoms with Gasteiger partial charge in [0.15, 0.2) is 11.4 Å². The first kappa shape index (κ1) is 15.3. The molecule has 1 amide bonds. The summed E-state index contributed by atoms with van der Waals surface area (Å²) in [6, 6.07) is 4.31. The molecule has 0 atom stereocenters. The van der Waals surface area contributed by atoms with Crippen LogP contribution in [0.4, 0.5) is 13.2 Å². The first-order chi connectivity index (χ1) is 10.8. The number of primary amides is 1. The Morgan fingerprint density at radius 3 is 2.65 bits per heavy atom. The lowest BCUT2D eigenvalue weighted by molar-refractivity contribution is -0.137. The molecule has 1 saturated carbocycles. The second kappa shape index (κ2) is 5.53. The average molecular weight is 323 g/mol. The van der Waals surface area contributed by atoms with E-state index in [4.69, 9.17) is 10.5 Å². The molecule has 1 aromatic heterocycles. The number of amides is 1. The van der Waals surface area contributed by atoms with Crippen LogP contribution >= 0.6 is 0 Å². The van der Waals surface area contributed by atoms with E-state index < -0.39 is 17.6 Å². The van der Waals surface area contributed by atoms with Crippen molar-refractivity contribution < 1.29 is 22.7 Å². The monoisotopic (exact) mass is 323 g/mol. The van der Waals surface area contributed by atoms with E-state index >= 15 is 0 Å². The van der Waals surface area contributed by atoms with Crippen LogP contribution in [0.2, 0.25) is 0 Å². The summed E-state index contributed by atoms with van der Waals surface area (Å²) in [6.07, 6.45) is -1.35. The number of carbonyl (C=O) groups is 1. The van der Waals surface area contributed by atoms with Crippen LogP contribution in [-0.4, -0.2) is 15.9 Å². The molecule has 3 rings (SSSR count). The summed E-state index contributed by atoms with van der Waals surface area (Å²) in [5, 5.41) is 0. The molecule has 0 spiro atoms. The van der Waals surface area contributed by atoms with E-state index in [0.29, 0.717) is 5.82 Å². The summed E-state index contributed by atoms with van der Waals surface area (Å²) >= 11 is 0. The molecular weight excluding hydrogens is 311 g/mol. The van der Waals surface area contributed by atoms with E-state index in [1.165, 1.54) is 18.3 Å². The number of nitrogens with zero attached hydrogens (tertiary/aromatic N) is 2. The van der Waals surface area contributed by atoms with Crippen molar-refractivity contribution in [3.8, 4) is 11.5 Å². The standard InChI is InChI=1S/C15H12F3N3O2/c16-15(17,18)9-2-1-3-10(6-9)23-11-7-20-14(8-4-5-8)21-12(11)13(19)22/h1-3,6-8H,4-5H2,(H2,19,22). The highest BCUT2D eigenvalue weighted by Crippen LogP contribution is 2.39. The van der Waals surface area contributed by atoms with Gasteiger partial charge in [-0.15, -0.1) is 0 Å². The maximum Gasteiger partial charge on any atom is 0.416 e. The van der Waals surface area contributed by atoms with Crippen molar-refractivity contribution in [1.29, 1.82) is 0 Å². The number of halogens is 3. The molecular formula is C15H12F3N3O2. The second-order valence-electron chi connectivity index (χ2n) is 5.21. The Balaban J connectivity index is 1.92. The molecule has 0 aliphatic heterocycles. The van der Waals surface area contributed by atoms with E-state index in [9.17, 15) is 18.0 Å². The van der Waals surface area contributed by atoms with Crippen LogP contribution in [-0.2, 0) is 6.18 Å². The van der Waals surface area contributed by atoms with Crippen molar-refractivity contribution in [1.82, 2.24) is 9.97 Å². The van der Waals surface area contributed by atoms with Gasteiger partial charge in [-0.3, -0.25) is 4.79 Å². The van der Waals surface area contributed by atoms with E-state index in [2.05, 4.69) is 9.97 Å². The van der Waals surface area contributed by atoms with Gasteiger partial charge in [0.25, 0.3) is 5.91 Å². The van der Waals surface area contributed by atoms with Crippen molar-refractivity contribution >= 4 is 5.91 Å². The third-order valence-electron chi connectivity index (χ3n) is 3.34. The van der Waals surface area contributed by atoms with Gasteiger partial charge in [0.05, 0.1) is 11.8 Å². The second-order valence-corrected chi connectivity index (χ2v) is 5.21. The van der Waals surface area contributed by atoms with E-state index in [1.807, 2.05) is 0 Å². The predicted octanol–water partition coefficient (Wildman–Crippen LogP) is 3.26. The lowest BCUT2D eigenvalue weighted by atomic mass is 10.2. The third kappa shape index (κ3) is 3.41. The molecule has 23 heavy (non-hydrogen) atoms. The van der Waals surface area contributed by atoms with Crippen molar-refractivity contribution in [2.45, 2.75) is 24.9 Å². The van der Waals surface area contributed by atoms with Gasteiger partial charge in [-0.25, -0.2) is 9.97 Å². The van der Waals surface area contributed by atoms with Crippen molar-refractivity contribution in [3.63, 3.8) is 0 Å². The van der Waals surface area contributed by atoms with Crippen molar-refractivity contribution in [2.75, 3.05) is 0 Å². The minimum absolute atomic E-state index is 0.0683. The van der Waals surface area contributed by atoms with Gasteiger partial charge in [-0.05, 0) is 31.0 Å². The Morgan fingerprint density at radius 1 is 1.30 bits per heavy atom. The first-order valence-corrected chi connectivity index (χ1v) is 6.86. The van der Waals surface area contributed by atoms with Crippen LogP contribution < -0.4 is 10.5 Å². The predicted molar refractivity (Wildman–Crippen MR) is 74.0 cm³/mol. The lowest BCUT2D eigenvalue weighted by Gasteiger charge is -2.11. The molecule has 2 aromatic rings. The topological polar surface area (TPSA) is 78.1 Å². The molecule has 0 radical (unpaired) electrons. The molecule has 1 aromatic carbocycles. The summed E-state index contributed by atoms with van der Waals surface area (Å²) in [5.41, 5.74) is 4.27. The zero-order valence-electron chi connectivity index (χ0n) is 11.8. The summed E-state index contributed by atoms with van der Waals surface area (Å²) in [6.45, 7) is 0. The first-order valence-electron chi connectivity index (χ1n) is 6.86. The van der Waals surface area contributed by atoms with Crippen LogP contribution in [0.15, 0.2) is 30.5 Å². The number of nitrogens with two attached hydrogens (primary N) is 1. The Bertz CT molecular complexity index is 758. The van der Waals surface area contributed by atoms with E-state index in [-0.39, 0.29) is 23.1 Å². The van der Waals surface area contributed by atoms with E-state index in [0.717, 1.165) is 25.0 Å². The maximum atomic E-state index is 12.7. The summed E-state index contributed by atoms with van der Waals surface area (Å²) in [4.78, 5) is 19.7. The van der Waals surface area contributed by atoms with Crippen LogP contribution in [0.25, 0.3) is 0 Å². The average Bonchev–Trinajstić information content (AvgIpc) is 3.31. The molecule has 1 heterocycles. The number of rotatable bonds is 4. The van der Waals surface area contributed by atoms with Gasteiger partial charge in [-0.1, -0.05) is 6.07 Å². The molecule has 0 saturated heterocycles. The van der Waals surface area contributed by atoms with Gasteiger partial charge < -0.3 is 10.5 Å². The highest BCUT2D eigenvalue weighted by atomic mass is 19.4. The molecule has 5 nitrogen and oxygen atoms in total. The van der Waals surface area contributed by atoms with Gasteiger partial charge in [0.2, 0.25) is 0 Å². The SMILES string of the molecule is NC(=O)c1nc(C2CC2)ncc1Oc1cccc(C(F)(F)F)c1. The largest absolute Gasteiger partial charge is 0.453 e. The molecule has 120 valence electrons. The fraction of sp³-hybridized carbons (Fsp3) is 0.267. The van der Waals surface area contributed by atoms with Crippen LogP contribution in [0.1, 0.15) is 40.6 Å². The number of hydrogen-bond donors (Lipinski definition) is 1. The zero-order chi connectivity index (χ0) is 16.6. The smallest absolute Gasteiger partial charge is 0.416 e. The number of carbonyl (C=O) groups excluding carboxylic acids is 1. The zero-order valence-corrected chi connectivity index (χ0v) is 11.8. The molecule has 0 bridgehead atoms. The molecule has 1 aliphatic rings. The Hall–Kier alpha value is -2.64. The highest BCUT2D eigenvalue weighted by molar-refractivity contribution is 5.93. The molecule has 1 fully saturated rings. The lowest BCUT2D eigenvalue weighted by Crippen LogP contribution is -2.16. The van der Waals surface area contributed by atoms with Gasteiger partial charge in [-0.2, -0.15) is 13.2 Å². The molecule has 8 heteroatoms. The van der Waals surface area contributed by atoms with Gasteiger partial charge in [0, 0.05) is 5.92 Å². The molecule has 1 aliphatic carbocycles.